The summed E-state index contributed by atoms with van der Waals surface area (Å²) in [5, 5.41) is 8.04. The molecule has 0 unspecified atom stereocenters. The summed E-state index contributed by atoms with van der Waals surface area (Å²) in [4.78, 5) is 20.3. The number of nitrogens with one attached hydrogen (secondary N) is 1. The van der Waals surface area contributed by atoms with Crippen LogP contribution in [0.4, 0.5) is 0 Å². The lowest BCUT2D eigenvalue weighted by atomic mass is 10.2. The van der Waals surface area contributed by atoms with Crippen molar-refractivity contribution in [3.05, 3.63) is 52.4 Å². The molecule has 4 aromatic rings. The third kappa shape index (κ3) is 2.05. The van der Waals surface area contributed by atoms with E-state index in [1.54, 1.807) is 17.9 Å². The van der Waals surface area contributed by atoms with Crippen LogP contribution in [0.25, 0.3) is 27.8 Å². The van der Waals surface area contributed by atoms with Crippen LogP contribution in [0.15, 0.2) is 41.2 Å². The van der Waals surface area contributed by atoms with Crippen molar-refractivity contribution in [3.8, 4) is 11.4 Å². The number of benzene rings is 1. The maximum absolute atomic E-state index is 11.6. The second-order valence-electron chi connectivity index (χ2n) is 5.16. The number of hydrogen-bond donors (Lipinski definition) is 1. The lowest BCUT2D eigenvalue weighted by Gasteiger charge is -2.06. The Hall–Kier alpha value is -3.22. The number of hydrogen-bond acceptors (Lipinski definition) is 5. The fraction of sp³-hybridized carbons (Fsp3) is 0.125. The minimum Gasteiger partial charge on any atom is -0.497 e. The van der Waals surface area contributed by atoms with Crippen LogP contribution in [0.5, 0.6) is 5.75 Å². The van der Waals surface area contributed by atoms with Gasteiger partial charge in [-0.3, -0.25) is 4.79 Å². The van der Waals surface area contributed by atoms with Crippen LogP contribution < -0.4 is 10.3 Å². The molecular weight excluding hydrogens is 294 g/mol. The molecule has 23 heavy (non-hydrogen) atoms. The molecule has 0 aliphatic heterocycles. The second-order valence-corrected chi connectivity index (χ2v) is 5.16. The van der Waals surface area contributed by atoms with Gasteiger partial charge in [-0.15, -0.1) is 0 Å². The Labute approximate surface area is 130 Å². The molecule has 0 bridgehead atoms. The highest BCUT2D eigenvalue weighted by atomic mass is 16.5. The Morgan fingerprint density at radius 2 is 1.83 bits per heavy atom. The van der Waals surface area contributed by atoms with Crippen LogP contribution in [-0.2, 0) is 0 Å². The van der Waals surface area contributed by atoms with Gasteiger partial charge >= 0.3 is 0 Å². The van der Waals surface area contributed by atoms with Gasteiger partial charge in [-0.05, 0) is 37.3 Å². The van der Waals surface area contributed by atoms with Gasteiger partial charge in [0.05, 0.1) is 12.8 Å². The molecule has 114 valence electrons. The van der Waals surface area contributed by atoms with E-state index in [-0.39, 0.29) is 5.56 Å². The third-order valence-corrected chi connectivity index (χ3v) is 3.77. The summed E-state index contributed by atoms with van der Waals surface area (Å²) in [5.74, 6) is 0.769. The molecule has 3 aromatic heterocycles. The first-order chi connectivity index (χ1) is 11.2. The van der Waals surface area contributed by atoms with Gasteiger partial charge in [0.2, 0.25) is 0 Å². The SMILES string of the molecule is COc1ccc(-n2[nH]nc3c4nc(=O)ccc4c(C)nc32)cc1. The van der Waals surface area contributed by atoms with Crippen molar-refractivity contribution in [2.75, 3.05) is 7.11 Å². The van der Waals surface area contributed by atoms with Gasteiger partial charge in [-0.25, -0.2) is 19.9 Å². The zero-order valence-corrected chi connectivity index (χ0v) is 12.6. The first-order valence-corrected chi connectivity index (χ1v) is 7.06. The maximum atomic E-state index is 11.6. The molecule has 0 aliphatic rings. The van der Waals surface area contributed by atoms with E-state index in [4.69, 9.17) is 4.74 Å². The molecule has 1 aromatic carbocycles. The fourth-order valence-corrected chi connectivity index (χ4v) is 2.61. The minimum atomic E-state index is -0.289. The first-order valence-electron chi connectivity index (χ1n) is 7.06. The van der Waals surface area contributed by atoms with Crippen LogP contribution >= 0.6 is 0 Å². The number of aromatic amines is 1. The minimum absolute atomic E-state index is 0.289. The molecule has 0 fully saturated rings. The van der Waals surface area contributed by atoms with E-state index in [0.29, 0.717) is 16.7 Å². The molecule has 3 heterocycles. The van der Waals surface area contributed by atoms with E-state index in [0.717, 1.165) is 22.5 Å². The fourth-order valence-electron chi connectivity index (χ4n) is 2.61. The van der Waals surface area contributed by atoms with Crippen LogP contribution in [-0.4, -0.2) is 32.1 Å². The maximum Gasteiger partial charge on any atom is 0.270 e. The molecule has 1 N–H and O–H groups in total. The van der Waals surface area contributed by atoms with Gasteiger partial charge in [-0.2, -0.15) is 5.10 Å². The molecule has 4 rings (SSSR count). The number of rotatable bonds is 2. The van der Waals surface area contributed by atoms with Crippen molar-refractivity contribution in [3.63, 3.8) is 0 Å². The van der Waals surface area contributed by atoms with Gasteiger partial charge in [-0.1, -0.05) is 0 Å². The summed E-state index contributed by atoms with van der Waals surface area (Å²) >= 11 is 0. The standard InChI is InChI=1S/C16H13N5O2/c1-9-12-7-8-13(22)18-14(12)15-16(17-9)21(20-19-15)10-3-5-11(23-2)6-4-10/h3-8,20H,1-2H3. The number of aromatic nitrogens is 5. The number of pyridine rings is 2. The van der Waals surface area contributed by atoms with Gasteiger partial charge in [0.25, 0.3) is 5.56 Å². The number of fused-ring (bicyclic) bond motifs is 3. The summed E-state index contributed by atoms with van der Waals surface area (Å²) in [7, 11) is 1.62. The molecule has 0 atom stereocenters. The average Bonchev–Trinajstić information content (AvgIpc) is 2.99. The Kier molecular flexibility index (Phi) is 2.87. The highest BCUT2D eigenvalue weighted by molar-refractivity contribution is 6.00. The number of methoxy groups -OCH3 is 1. The summed E-state index contributed by atoms with van der Waals surface area (Å²) in [6, 6.07) is 10.7. The third-order valence-electron chi connectivity index (χ3n) is 3.77. The first kappa shape index (κ1) is 13.4. The van der Waals surface area contributed by atoms with Crippen molar-refractivity contribution in [1.82, 2.24) is 25.0 Å². The summed E-state index contributed by atoms with van der Waals surface area (Å²) in [5.41, 5.74) is 3.12. The van der Waals surface area contributed by atoms with Crippen molar-refractivity contribution in [2.45, 2.75) is 6.92 Å². The summed E-state index contributed by atoms with van der Waals surface area (Å²) in [6.07, 6.45) is 0. The van der Waals surface area contributed by atoms with Crippen molar-refractivity contribution < 1.29 is 4.74 Å². The topological polar surface area (TPSA) is 85.7 Å². The molecule has 0 radical (unpaired) electrons. The van der Waals surface area contributed by atoms with Crippen LogP contribution in [0.1, 0.15) is 5.69 Å². The Morgan fingerprint density at radius 3 is 2.57 bits per heavy atom. The molecule has 0 spiro atoms. The Balaban J connectivity index is 2.02. The van der Waals surface area contributed by atoms with E-state index in [1.807, 2.05) is 31.2 Å². The van der Waals surface area contributed by atoms with Crippen LogP contribution in [0.3, 0.4) is 0 Å². The van der Waals surface area contributed by atoms with E-state index < -0.39 is 0 Å². The number of H-pyrrole nitrogens is 1. The largest absolute Gasteiger partial charge is 0.497 e. The highest BCUT2D eigenvalue weighted by Crippen LogP contribution is 2.24. The molecule has 7 nitrogen and oxygen atoms in total. The average molecular weight is 307 g/mol. The van der Waals surface area contributed by atoms with Gasteiger partial charge in [0.1, 0.15) is 11.3 Å². The summed E-state index contributed by atoms with van der Waals surface area (Å²) < 4.78 is 6.92. The molecule has 0 amide bonds. The Bertz CT molecular complexity index is 1080. The zero-order chi connectivity index (χ0) is 16.0. The number of nitrogens with zero attached hydrogens (tertiary/aromatic N) is 4. The molecule has 0 aliphatic carbocycles. The van der Waals surface area contributed by atoms with Crippen LogP contribution in [0, 0.1) is 6.92 Å². The predicted molar refractivity (Wildman–Crippen MR) is 86.1 cm³/mol. The molecule has 7 heteroatoms. The second kappa shape index (κ2) is 4.91. The highest BCUT2D eigenvalue weighted by Gasteiger charge is 2.14. The number of ether oxygens (including phenoxy) is 1. The zero-order valence-electron chi connectivity index (χ0n) is 12.6. The van der Waals surface area contributed by atoms with Gasteiger partial charge in [0.15, 0.2) is 11.2 Å². The smallest absolute Gasteiger partial charge is 0.270 e. The summed E-state index contributed by atoms with van der Waals surface area (Å²) in [6.45, 7) is 1.89. The predicted octanol–water partition coefficient (Wildman–Crippen LogP) is 1.97. The Morgan fingerprint density at radius 1 is 1.04 bits per heavy atom. The molecule has 0 saturated carbocycles. The lowest BCUT2D eigenvalue weighted by Crippen LogP contribution is -2.05. The van der Waals surface area contributed by atoms with E-state index in [1.165, 1.54) is 6.07 Å². The number of aryl methyl sites for hydroxylation is 1. The normalized spacial score (nSPS) is 11.2. The van der Waals surface area contributed by atoms with E-state index in [2.05, 4.69) is 20.3 Å². The van der Waals surface area contributed by atoms with E-state index >= 15 is 0 Å². The van der Waals surface area contributed by atoms with Crippen molar-refractivity contribution in [1.29, 1.82) is 0 Å². The van der Waals surface area contributed by atoms with Crippen LogP contribution in [0.2, 0.25) is 0 Å². The quantitative estimate of drug-likeness (QED) is 0.612. The van der Waals surface area contributed by atoms with Crippen molar-refractivity contribution >= 4 is 22.1 Å². The van der Waals surface area contributed by atoms with Gasteiger partial charge in [0, 0.05) is 17.1 Å². The van der Waals surface area contributed by atoms with E-state index in [9.17, 15) is 4.79 Å². The molecular formula is C16H13N5O2. The van der Waals surface area contributed by atoms with Gasteiger partial charge < -0.3 is 4.74 Å². The van der Waals surface area contributed by atoms with Crippen molar-refractivity contribution in [2.24, 2.45) is 0 Å². The monoisotopic (exact) mass is 307 g/mol. The lowest BCUT2D eigenvalue weighted by molar-refractivity contribution is 0.414. The molecule has 0 saturated heterocycles.